The minimum absolute atomic E-state index is 0.549. The van der Waals surface area contributed by atoms with Crippen LogP contribution < -0.4 is 5.32 Å². The van der Waals surface area contributed by atoms with E-state index in [0.29, 0.717) is 21.9 Å². The molecule has 21 heavy (non-hydrogen) atoms. The van der Waals surface area contributed by atoms with Crippen LogP contribution in [0.4, 0.5) is 0 Å². The molecule has 0 aliphatic carbocycles. The summed E-state index contributed by atoms with van der Waals surface area (Å²) >= 11 is 12.4. The lowest BCUT2D eigenvalue weighted by Crippen LogP contribution is -2.19. The zero-order valence-electron chi connectivity index (χ0n) is 13.1. The topological polar surface area (TPSA) is 25.2 Å². The van der Waals surface area contributed by atoms with Gasteiger partial charge in [0.15, 0.2) is 5.58 Å². The van der Waals surface area contributed by atoms with Crippen molar-refractivity contribution in [1.82, 2.24) is 5.32 Å². The molecule has 2 aromatic rings. The summed E-state index contributed by atoms with van der Waals surface area (Å²) in [5.41, 5.74) is 1.97. The van der Waals surface area contributed by atoms with E-state index in [4.69, 9.17) is 27.6 Å². The van der Waals surface area contributed by atoms with Crippen LogP contribution in [0.1, 0.15) is 39.0 Å². The predicted octanol–water partition coefficient (Wildman–Crippen LogP) is 5.68. The van der Waals surface area contributed by atoms with Gasteiger partial charge in [-0.05, 0) is 36.9 Å². The van der Waals surface area contributed by atoms with Crippen LogP contribution in [-0.4, -0.2) is 6.54 Å². The maximum absolute atomic E-state index is 6.27. The molecule has 0 fully saturated rings. The van der Waals surface area contributed by atoms with Gasteiger partial charge in [-0.3, -0.25) is 0 Å². The van der Waals surface area contributed by atoms with Crippen LogP contribution in [0.25, 0.3) is 11.0 Å². The number of rotatable bonds is 6. The van der Waals surface area contributed by atoms with Gasteiger partial charge in [-0.2, -0.15) is 0 Å². The van der Waals surface area contributed by atoms with Gasteiger partial charge >= 0.3 is 0 Å². The molecule has 0 radical (unpaired) electrons. The summed E-state index contributed by atoms with van der Waals surface area (Å²) in [5, 5.41) is 5.72. The van der Waals surface area contributed by atoms with Gasteiger partial charge in [0, 0.05) is 16.0 Å². The molecule has 0 unspecified atom stereocenters. The molecule has 2 rings (SSSR count). The lowest BCUT2D eigenvalue weighted by Gasteiger charge is -2.09. The predicted molar refractivity (Wildman–Crippen MR) is 91.3 cm³/mol. The standard InChI is InChI=1S/C17H23Cl2NO/c1-10(2)5-13-14-6-12(18)7-15(19)17(14)21-16(13)9-20-8-11(3)4/h6-7,10-11,20H,5,8-9H2,1-4H3. The van der Waals surface area contributed by atoms with Gasteiger partial charge in [0.25, 0.3) is 0 Å². The van der Waals surface area contributed by atoms with Crippen molar-refractivity contribution in [3.05, 3.63) is 33.5 Å². The molecule has 0 aliphatic rings. The van der Waals surface area contributed by atoms with Gasteiger partial charge in [-0.25, -0.2) is 0 Å². The molecule has 0 aliphatic heterocycles. The van der Waals surface area contributed by atoms with Crippen molar-refractivity contribution in [2.45, 2.75) is 40.7 Å². The van der Waals surface area contributed by atoms with Gasteiger partial charge in [0.1, 0.15) is 5.76 Å². The van der Waals surface area contributed by atoms with E-state index < -0.39 is 0 Å². The van der Waals surface area contributed by atoms with Crippen LogP contribution >= 0.6 is 23.2 Å². The second-order valence-corrected chi connectivity index (χ2v) is 7.23. The van der Waals surface area contributed by atoms with E-state index >= 15 is 0 Å². The SMILES string of the molecule is CC(C)CNCc1oc2c(Cl)cc(Cl)cc2c1CC(C)C. The Kier molecular flexibility index (Phi) is 5.59. The Morgan fingerprint density at radius 2 is 1.81 bits per heavy atom. The maximum atomic E-state index is 6.27. The van der Waals surface area contributed by atoms with Crippen LogP contribution in [0.5, 0.6) is 0 Å². The summed E-state index contributed by atoms with van der Waals surface area (Å²) in [4.78, 5) is 0. The molecule has 0 saturated heterocycles. The van der Waals surface area contributed by atoms with Gasteiger partial charge in [-0.1, -0.05) is 50.9 Å². The monoisotopic (exact) mass is 327 g/mol. The van der Waals surface area contributed by atoms with E-state index in [1.807, 2.05) is 6.07 Å². The molecule has 1 aromatic heterocycles. The minimum atomic E-state index is 0.549. The lowest BCUT2D eigenvalue weighted by molar-refractivity contribution is 0.477. The molecule has 4 heteroatoms. The Morgan fingerprint density at radius 1 is 1.10 bits per heavy atom. The zero-order valence-corrected chi connectivity index (χ0v) is 14.6. The molecule has 0 spiro atoms. The Labute approximate surface area is 136 Å². The fraction of sp³-hybridized carbons (Fsp3) is 0.529. The third-order valence-corrected chi connectivity index (χ3v) is 3.84. The van der Waals surface area contributed by atoms with Crippen molar-refractivity contribution in [3.63, 3.8) is 0 Å². The number of fused-ring (bicyclic) bond motifs is 1. The first kappa shape index (κ1) is 16.7. The van der Waals surface area contributed by atoms with Gasteiger partial charge in [0.2, 0.25) is 0 Å². The number of furan rings is 1. The molecule has 2 nitrogen and oxygen atoms in total. The molecule has 0 bridgehead atoms. The maximum Gasteiger partial charge on any atom is 0.153 e. The third-order valence-electron chi connectivity index (χ3n) is 3.35. The van der Waals surface area contributed by atoms with Crippen molar-refractivity contribution in [2.75, 3.05) is 6.54 Å². The summed E-state index contributed by atoms with van der Waals surface area (Å²) in [5.74, 6) is 2.14. The van der Waals surface area contributed by atoms with Crippen molar-refractivity contribution < 1.29 is 4.42 Å². The minimum Gasteiger partial charge on any atom is -0.458 e. The number of nitrogens with one attached hydrogen (secondary N) is 1. The summed E-state index contributed by atoms with van der Waals surface area (Å²) in [7, 11) is 0. The second-order valence-electron chi connectivity index (χ2n) is 6.39. The average molecular weight is 328 g/mol. The molecule has 116 valence electrons. The largest absolute Gasteiger partial charge is 0.458 e. The molecule has 0 saturated carbocycles. The molecular weight excluding hydrogens is 305 g/mol. The van der Waals surface area contributed by atoms with Crippen molar-refractivity contribution in [3.8, 4) is 0 Å². The molecule has 1 heterocycles. The zero-order chi connectivity index (χ0) is 15.6. The number of benzene rings is 1. The van der Waals surface area contributed by atoms with E-state index in [-0.39, 0.29) is 0 Å². The summed E-state index contributed by atoms with van der Waals surface area (Å²) in [6.45, 7) is 10.5. The highest BCUT2D eigenvalue weighted by Crippen LogP contribution is 2.35. The lowest BCUT2D eigenvalue weighted by atomic mass is 9.99. The first-order chi connectivity index (χ1) is 9.88. The van der Waals surface area contributed by atoms with Crippen LogP contribution in [0.15, 0.2) is 16.5 Å². The molecule has 0 amide bonds. The molecule has 0 atom stereocenters. The van der Waals surface area contributed by atoms with Crippen LogP contribution in [0, 0.1) is 11.8 Å². The van der Waals surface area contributed by atoms with E-state index in [0.717, 1.165) is 36.2 Å². The summed E-state index contributed by atoms with van der Waals surface area (Å²) in [6, 6.07) is 3.69. The van der Waals surface area contributed by atoms with Crippen molar-refractivity contribution in [1.29, 1.82) is 0 Å². The second kappa shape index (κ2) is 7.04. The first-order valence-corrected chi connectivity index (χ1v) is 8.24. The molecular formula is C17H23Cl2NO. The number of hydrogen-bond acceptors (Lipinski definition) is 2. The quantitative estimate of drug-likeness (QED) is 0.737. The highest BCUT2D eigenvalue weighted by atomic mass is 35.5. The fourth-order valence-electron chi connectivity index (χ4n) is 2.47. The van der Waals surface area contributed by atoms with Crippen molar-refractivity contribution in [2.24, 2.45) is 11.8 Å². The normalized spacial score (nSPS) is 12.0. The van der Waals surface area contributed by atoms with Crippen LogP contribution in [0.3, 0.4) is 0 Å². The number of halogens is 2. The molecule has 1 aromatic carbocycles. The van der Waals surface area contributed by atoms with Gasteiger partial charge in [-0.15, -0.1) is 0 Å². The Hall–Kier alpha value is -0.700. The van der Waals surface area contributed by atoms with Crippen LogP contribution in [-0.2, 0) is 13.0 Å². The summed E-state index contributed by atoms with van der Waals surface area (Å²) in [6.07, 6.45) is 0.961. The average Bonchev–Trinajstić information content (AvgIpc) is 2.67. The Balaban J connectivity index is 2.40. The highest BCUT2D eigenvalue weighted by Gasteiger charge is 2.18. The highest BCUT2D eigenvalue weighted by molar-refractivity contribution is 6.38. The fourth-order valence-corrected chi connectivity index (χ4v) is 3.00. The third kappa shape index (κ3) is 4.15. The van der Waals surface area contributed by atoms with E-state index in [1.54, 1.807) is 6.07 Å². The van der Waals surface area contributed by atoms with Crippen molar-refractivity contribution >= 4 is 34.2 Å². The van der Waals surface area contributed by atoms with E-state index in [2.05, 4.69) is 33.0 Å². The van der Waals surface area contributed by atoms with E-state index in [1.165, 1.54) is 5.56 Å². The van der Waals surface area contributed by atoms with E-state index in [9.17, 15) is 0 Å². The van der Waals surface area contributed by atoms with Gasteiger partial charge < -0.3 is 9.73 Å². The Morgan fingerprint density at radius 3 is 2.43 bits per heavy atom. The van der Waals surface area contributed by atoms with Crippen LogP contribution in [0.2, 0.25) is 10.0 Å². The summed E-state index contributed by atoms with van der Waals surface area (Å²) < 4.78 is 6.01. The Bertz CT molecular complexity index is 617. The number of hydrogen-bond donors (Lipinski definition) is 1. The van der Waals surface area contributed by atoms with Gasteiger partial charge in [0.05, 0.1) is 11.6 Å². The smallest absolute Gasteiger partial charge is 0.153 e. The first-order valence-electron chi connectivity index (χ1n) is 7.48. The molecule has 1 N–H and O–H groups in total.